The lowest BCUT2D eigenvalue weighted by atomic mass is 10.1. The van der Waals surface area contributed by atoms with E-state index in [-0.39, 0.29) is 24.7 Å². The molecule has 1 atom stereocenters. The molecule has 2 fully saturated rings. The number of cyclic esters (lactones) is 1. The van der Waals surface area contributed by atoms with Crippen LogP contribution >= 0.6 is 0 Å². The molecule has 0 bridgehead atoms. The van der Waals surface area contributed by atoms with Crippen LogP contribution in [0.3, 0.4) is 0 Å². The molecule has 0 saturated carbocycles. The molecule has 7 nitrogen and oxygen atoms in total. The Morgan fingerprint density at radius 3 is 2.56 bits per heavy atom. The minimum absolute atomic E-state index is 0.0826. The lowest BCUT2D eigenvalue weighted by molar-refractivity contribution is -0.116. The van der Waals surface area contributed by atoms with Crippen LogP contribution in [0.15, 0.2) is 60.7 Å². The highest BCUT2D eigenvalue weighted by Crippen LogP contribution is 2.29. The third-order valence-corrected chi connectivity index (χ3v) is 5.51. The molecule has 1 N–H and O–H groups in total. The Morgan fingerprint density at radius 2 is 1.84 bits per heavy atom. The summed E-state index contributed by atoms with van der Waals surface area (Å²) in [5, 5.41) is 2.62. The van der Waals surface area contributed by atoms with Crippen molar-refractivity contribution in [3.8, 4) is 0 Å². The summed E-state index contributed by atoms with van der Waals surface area (Å²) >= 11 is 0. The largest absolute Gasteiger partial charge is 0.442 e. The fraction of sp³-hybridized carbons (Fsp3) is 0.292. The monoisotopic (exact) mass is 437 g/mol. The summed E-state index contributed by atoms with van der Waals surface area (Å²) in [5.41, 5.74) is 1.44. The molecule has 2 aliphatic rings. The van der Waals surface area contributed by atoms with E-state index < -0.39 is 18.1 Å². The number of hydrogen-bond donors (Lipinski definition) is 1. The number of halogens is 1. The molecule has 2 aromatic rings. The summed E-state index contributed by atoms with van der Waals surface area (Å²) in [7, 11) is 0. The predicted octanol–water partition coefficient (Wildman–Crippen LogP) is 3.31. The third kappa shape index (κ3) is 4.96. The summed E-state index contributed by atoms with van der Waals surface area (Å²) < 4.78 is 19.9. The smallest absolute Gasteiger partial charge is 0.414 e. The van der Waals surface area contributed by atoms with Crippen LogP contribution < -0.4 is 15.1 Å². The molecule has 8 heteroatoms. The number of benzene rings is 2. The Hall–Kier alpha value is -3.68. The standard InChI is InChI=1S/C24H24FN3O4/c25-20-14-18(8-9-21(20)27-12-4-5-13-27)28-16-19(32-24(28)31)15-26-23(30)11-10-22(29)17-6-2-1-3-7-17/h1-3,6-11,14,19H,4-5,12-13,15-16H2,(H,26,30)/b11-10+/t19-/m0/s1. The molecule has 0 aliphatic carbocycles. The number of carbonyl (C=O) groups excluding carboxylic acids is 3. The third-order valence-electron chi connectivity index (χ3n) is 5.51. The quantitative estimate of drug-likeness (QED) is 0.531. The number of amides is 2. The Kier molecular flexibility index (Phi) is 6.49. The molecule has 2 saturated heterocycles. The molecule has 2 aromatic carbocycles. The molecule has 32 heavy (non-hydrogen) atoms. The van der Waals surface area contributed by atoms with Crippen molar-refractivity contribution in [1.82, 2.24) is 5.32 Å². The average Bonchev–Trinajstić information content (AvgIpc) is 3.46. The van der Waals surface area contributed by atoms with Gasteiger partial charge in [-0.2, -0.15) is 0 Å². The van der Waals surface area contributed by atoms with Crippen LogP contribution in [-0.2, 0) is 9.53 Å². The molecule has 0 radical (unpaired) electrons. The van der Waals surface area contributed by atoms with Crippen LogP contribution in [-0.4, -0.2) is 50.1 Å². The Morgan fingerprint density at radius 1 is 1.09 bits per heavy atom. The van der Waals surface area contributed by atoms with Gasteiger partial charge < -0.3 is 15.0 Å². The van der Waals surface area contributed by atoms with Gasteiger partial charge in [-0.3, -0.25) is 14.5 Å². The molecule has 166 valence electrons. The first-order chi connectivity index (χ1) is 15.5. The van der Waals surface area contributed by atoms with Crippen LogP contribution in [0.25, 0.3) is 0 Å². The Labute approximate surface area is 185 Å². The normalized spacial score (nSPS) is 18.3. The van der Waals surface area contributed by atoms with Crippen molar-refractivity contribution in [1.29, 1.82) is 0 Å². The van der Waals surface area contributed by atoms with Gasteiger partial charge in [0, 0.05) is 24.7 Å². The number of nitrogens with zero attached hydrogens (tertiary/aromatic N) is 2. The number of ketones is 1. The summed E-state index contributed by atoms with van der Waals surface area (Å²) in [6.07, 6.45) is 3.27. The van der Waals surface area contributed by atoms with Crippen molar-refractivity contribution in [2.75, 3.05) is 36.0 Å². The van der Waals surface area contributed by atoms with Crippen LogP contribution in [0, 0.1) is 5.82 Å². The number of hydrogen-bond acceptors (Lipinski definition) is 5. The maximum Gasteiger partial charge on any atom is 0.414 e. The van der Waals surface area contributed by atoms with Gasteiger partial charge in [0.05, 0.1) is 24.5 Å². The van der Waals surface area contributed by atoms with Crippen LogP contribution in [0.4, 0.5) is 20.6 Å². The van der Waals surface area contributed by atoms with Gasteiger partial charge in [-0.15, -0.1) is 0 Å². The van der Waals surface area contributed by atoms with Gasteiger partial charge in [0.25, 0.3) is 0 Å². The molecule has 4 rings (SSSR count). The van der Waals surface area contributed by atoms with E-state index in [2.05, 4.69) is 5.32 Å². The lowest BCUT2D eigenvalue weighted by Gasteiger charge is -2.20. The summed E-state index contributed by atoms with van der Waals surface area (Å²) in [4.78, 5) is 39.6. The highest BCUT2D eigenvalue weighted by atomic mass is 19.1. The maximum absolute atomic E-state index is 14.6. The van der Waals surface area contributed by atoms with Crippen molar-refractivity contribution < 1.29 is 23.5 Å². The predicted molar refractivity (Wildman–Crippen MR) is 118 cm³/mol. The van der Waals surface area contributed by atoms with E-state index in [1.807, 2.05) is 4.90 Å². The maximum atomic E-state index is 14.6. The Bertz CT molecular complexity index is 1030. The van der Waals surface area contributed by atoms with Gasteiger partial charge in [0.15, 0.2) is 5.78 Å². The molecule has 0 aromatic heterocycles. The van der Waals surface area contributed by atoms with Crippen molar-refractivity contribution >= 4 is 29.2 Å². The SMILES string of the molecule is O=C(/C=C/C(=O)c1ccccc1)NC[C@H]1CN(c2ccc(N3CCCC3)c(F)c2)C(=O)O1. The average molecular weight is 437 g/mol. The van der Waals surface area contributed by atoms with E-state index >= 15 is 0 Å². The van der Waals surface area contributed by atoms with Gasteiger partial charge in [-0.05, 0) is 37.1 Å². The van der Waals surface area contributed by atoms with Gasteiger partial charge in [0.2, 0.25) is 5.91 Å². The molecular formula is C24H24FN3O4. The summed E-state index contributed by atoms with van der Waals surface area (Å²) in [6.45, 7) is 1.93. The van der Waals surface area contributed by atoms with E-state index in [1.54, 1.807) is 42.5 Å². The number of allylic oxidation sites excluding steroid dienone is 1. The van der Waals surface area contributed by atoms with E-state index in [4.69, 9.17) is 4.74 Å². The van der Waals surface area contributed by atoms with Crippen LogP contribution in [0.2, 0.25) is 0 Å². The second kappa shape index (κ2) is 9.64. The van der Waals surface area contributed by atoms with Gasteiger partial charge in [-0.25, -0.2) is 9.18 Å². The zero-order valence-electron chi connectivity index (χ0n) is 17.5. The highest BCUT2D eigenvalue weighted by Gasteiger charge is 2.33. The fourth-order valence-corrected chi connectivity index (χ4v) is 3.84. The number of carbonyl (C=O) groups is 3. The minimum atomic E-state index is -0.590. The van der Waals surface area contributed by atoms with Crippen molar-refractivity contribution in [3.05, 3.63) is 72.1 Å². The van der Waals surface area contributed by atoms with E-state index in [0.29, 0.717) is 16.9 Å². The first-order valence-electron chi connectivity index (χ1n) is 10.6. The first-order valence-corrected chi connectivity index (χ1v) is 10.6. The van der Waals surface area contributed by atoms with Crippen LogP contribution in [0.5, 0.6) is 0 Å². The van der Waals surface area contributed by atoms with E-state index in [0.717, 1.165) is 32.0 Å². The lowest BCUT2D eigenvalue weighted by Crippen LogP contribution is -2.33. The molecule has 2 amide bonds. The molecular weight excluding hydrogens is 413 g/mol. The fourth-order valence-electron chi connectivity index (χ4n) is 3.84. The van der Waals surface area contributed by atoms with Crippen molar-refractivity contribution in [2.24, 2.45) is 0 Å². The molecule has 0 unspecified atom stereocenters. The Balaban J connectivity index is 1.30. The number of nitrogens with one attached hydrogen (secondary N) is 1. The van der Waals surface area contributed by atoms with Crippen molar-refractivity contribution in [2.45, 2.75) is 18.9 Å². The zero-order chi connectivity index (χ0) is 22.5. The second-order valence-corrected chi connectivity index (χ2v) is 7.76. The van der Waals surface area contributed by atoms with Gasteiger partial charge in [-0.1, -0.05) is 30.3 Å². The first kappa shape index (κ1) is 21.5. The van der Waals surface area contributed by atoms with Crippen molar-refractivity contribution in [3.63, 3.8) is 0 Å². The number of anilines is 2. The van der Waals surface area contributed by atoms with Gasteiger partial charge >= 0.3 is 6.09 Å². The summed E-state index contributed by atoms with van der Waals surface area (Å²) in [5.74, 6) is -1.12. The minimum Gasteiger partial charge on any atom is -0.442 e. The summed E-state index contributed by atoms with van der Waals surface area (Å²) in [6, 6.07) is 13.4. The van der Waals surface area contributed by atoms with Crippen LogP contribution in [0.1, 0.15) is 23.2 Å². The number of rotatable bonds is 7. The molecule has 2 aliphatic heterocycles. The van der Waals surface area contributed by atoms with E-state index in [1.165, 1.54) is 17.0 Å². The second-order valence-electron chi connectivity index (χ2n) is 7.76. The van der Waals surface area contributed by atoms with E-state index in [9.17, 15) is 18.8 Å². The topological polar surface area (TPSA) is 79.0 Å². The zero-order valence-corrected chi connectivity index (χ0v) is 17.5. The van der Waals surface area contributed by atoms with Gasteiger partial charge in [0.1, 0.15) is 11.9 Å². The molecule has 0 spiro atoms. The highest BCUT2D eigenvalue weighted by molar-refractivity contribution is 6.07. The molecule has 2 heterocycles. The number of ether oxygens (including phenoxy) is 1.